The fourth-order valence-electron chi connectivity index (χ4n) is 3.11. The standard InChI is InChI=1S/C23H40Cl3NO4/c1-19(28)31-18-21(17-30-3)27(2)23(29)16-12-7-5-4-6-9-13-20(24)14-10-8-11-15-22(25)26/h5,7,20-22H,4,6,8-18H2,1-3H3/b7-5+/t20?,21-/m0/s1. The van der Waals surface area contributed by atoms with E-state index >= 15 is 0 Å². The van der Waals surface area contributed by atoms with Crippen LogP contribution in [-0.4, -0.2) is 60.4 Å². The van der Waals surface area contributed by atoms with E-state index in [1.165, 1.54) is 6.92 Å². The number of hydrogen-bond acceptors (Lipinski definition) is 4. The van der Waals surface area contributed by atoms with E-state index < -0.39 is 0 Å². The zero-order chi connectivity index (χ0) is 23.5. The Morgan fingerprint density at radius 1 is 0.903 bits per heavy atom. The first-order valence-corrected chi connectivity index (χ1v) is 12.5. The van der Waals surface area contributed by atoms with Crippen molar-refractivity contribution in [1.29, 1.82) is 0 Å². The van der Waals surface area contributed by atoms with Crippen molar-refractivity contribution in [2.75, 3.05) is 27.4 Å². The van der Waals surface area contributed by atoms with Gasteiger partial charge in [-0.25, -0.2) is 0 Å². The third-order valence-corrected chi connectivity index (χ3v) is 5.92. The lowest BCUT2D eigenvalue weighted by Gasteiger charge is -2.27. The van der Waals surface area contributed by atoms with Gasteiger partial charge in [0, 0.05) is 32.9 Å². The van der Waals surface area contributed by atoms with Gasteiger partial charge in [-0.1, -0.05) is 37.8 Å². The van der Waals surface area contributed by atoms with Crippen molar-refractivity contribution in [2.24, 2.45) is 0 Å². The number of esters is 1. The third kappa shape index (κ3) is 18.8. The van der Waals surface area contributed by atoms with Gasteiger partial charge in [-0.15, -0.1) is 34.8 Å². The molecule has 1 unspecified atom stereocenters. The van der Waals surface area contributed by atoms with Gasteiger partial charge in [0.2, 0.25) is 5.91 Å². The number of rotatable bonds is 19. The number of likely N-dealkylation sites (N-methyl/N-ethyl adjacent to an activating group) is 1. The lowest BCUT2D eigenvalue weighted by atomic mass is 10.1. The number of halogens is 3. The van der Waals surface area contributed by atoms with Crippen LogP contribution in [0, 0.1) is 0 Å². The minimum atomic E-state index is -0.363. The molecule has 0 aliphatic heterocycles. The monoisotopic (exact) mass is 499 g/mol. The number of methoxy groups -OCH3 is 1. The number of amides is 1. The van der Waals surface area contributed by atoms with Gasteiger partial charge >= 0.3 is 5.97 Å². The van der Waals surface area contributed by atoms with Gasteiger partial charge < -0.3 is 14.4 Å². The fourth-order valence-corrected chi connectivity index (χ4v) is 3.73. The van der Waals surface area contributed by atoms with E-state index in [1.807, 2.05) is 0 Å². The minimum absolute atomic E-state index is 0.0106. The molecule has 1 amide bonds. The Morgan fingerprint density at radius 2 is 1.52 bits per heavy atom. The maximum absolute atomic E-state index is 12.3. The van der Waals surface area contributed by atoms with E-state index in [4.69, 9.17) is 44.3 Å². The van der Waals surface area contributed by atoms with Gasteiger partial charge in [-0.2, -0.15) is 0 Å². The quantitative estimate of drug-likeness (QED) is 0.0906. The number of nitrogens with zero attached hydrogens (tertiary/aromatic N) is 1. The van der Waals surface area contributed by atoms with E-state index in [9.17, 15) is 9.59 Å². The summed E-state index contributed by atoms with van der Waals surface area (Å²) >= 11 is 17.8. The Hall–Kier alpha value is -0.490. The largest absolute Gasteiger partial charge is 0.464 e. The lowest BCUT2D eigenvalue weighted by Crippen LogP contribution is -2.43. The zero-order valence-corrected chi connectivity index (χ0v) is 21.6. The normalized spacial score (nSPS) is 13.5. The number of carbonyl (C=O) groups is 2. The maximum Gasteiger partial charge on any atom is 0.302 e. The average molecular weight is 501 g/mol. The third-order valence-electron chi connectivity index (χ3n) is 5.05. The number of allylic oxidation sites excluding steroid dienone is 2. The second-order valence-corrected chi connectivity index (χ2v) is 9.73. The number of alkyl halides is 3. The highest BCUT2D eigenvalue weighted by Gasteiger charge is 2.20. The van der Waals surface area contributed by atoms with Crippen LogP contribution in [0.25, 0.3) is 0 Å². The van der Waals surface area contributed by atoms with E-state index in [0.29, 0.717) is 19.4 Å². The van der Waals surface area contributed by atoms with Crippen molar-refractivity contribution in [2.45, 2.75) is 93.8 Å². The highest BCUT2D eigenvalue weighted by atomic mass is 35.5. The molecule has 0 spiro atoms. The number of carbonyl (C=O) groups excluding carboxylic acids is 2. The summed E-state index contributed by atoms with van der Waals surface area (Å²) in [6, 6.07) is -0.272. The van der Waals surface area contributed by atoms with Crippen LogP contribution in [0.1, 0.15) is 77.6 Å². The first-order chi connectivity index (χ1) is 14.8. The molecule has 0 fully saturated rings. The summed E-state index contributed by atoms with van der Waals surface area (Å²) < 4.78 is 10.1. The molecular weight excluding hydrogens is 461 g/mol. The molecule has 0 saturated carbocycles. The molecule has 0 rings (SSSR count). The van der Waals surface area contributed by atoms with Crippen LogP contribution in [0.5, 0.6) is 0 Å². The minimum Gasteiger partial charge on any atom is -0.464 e. The molecule has 0 aliphatic carbocycles. The highest BCUT2D eigenvalue weighted by Crippen LogP contribution is 2.18. The Labute approximate surface area is 203 Å². The van der Waals surface area contributed by atoms with Crippen LogP contribution in [0.15, 0.2) is 12.2 Å². The Morgan fingerprint density at radius 3 is 2.13 bits per heavy atom. The van der Waals surface area contributed by atoms with Crippen molar-refractivity contribution < 1.29 is 19.1 Å². The first kappa shape index (κ1) is 30.5. The molecule has 5 nitrogen and oxygen atoms in total. The van der Waals surface area contributed by atoms with E-state index in [0.717, 1.165) is 57.8 Å². The highest BCUT2D eigenvalue weighted by molar-refractivity contribution is 6.44. The van der Waals surface area contributed by atoms with Crippen molar-refractivity contribution in [3.63, 3.8) is 0 Å². The van der Waals surface area contributed by atoms with Crippen molar-refractivity contribution in [3.05, 3.63) is 12.2 Å². The summed E-state index contributed by atoms with van der Waals surface area (Å²) in [6.45, 7) is 1.82. The number of hydrogen-bond donors (Lipinski definition) is 0. The van der Waals surface area contributed by atoms with Crippen LogP contribution in [0.3, 0.4) is 0 Å². The molecule has 0 aromatic rings. The molecule has 0 bridgehead atoms. The summed E-state index contributed by atoms with van der Waals surface area (Å²) in [5.74, 6) is -0.353. The predicted octanol–water partition coefficient (Wildman–Crippen LogP) is 6.28. The van der Waals surface area contributed by atoms with E-state index in [1.54, 1.807) is 19.1 Å². The molecule has 0 saturated heterocycles. The molecule has 182 valence electrons. The summed E-state index contributed by atoms with van der Waals surface area (Å²) in [5, 5.41) is 0.243. The molecular formula is C23H40Cl3NO4. The van der Waals surface area contributed by atoms with Crippen LogP contribution < -0.4 is 0 Å². The number of ether oxygens (including phenoxy) is 2. The molecule has 0 aliphatic rings. The summed E-state index contributed by atoms with van der Waals surface area (Å²) in [5.41, 5.74) is 0. The Bertz CT molecular complexity index is 503. The second kappa shape index (κ2) is 20.1. The topological polar surface area (TPSA) is 55.8 Å². The van der Waals surface area contributed by atoms with Crippen LogP contribution in [0.2, 0.25) is 0 Å². The van der Waals surface area contributed by atoms with Gasteiger partial charge in [0.05, 0.1) is 12.6 Å². The zero-order valence-electron chi connectivity index (χ0n) is 19.3. The van der Waals surface area contributed by atoms with E-state index in [-0.39, 0.29) is 34.7 Å². The van der Waals surface area contributed by atoms with Gasteiger partial charge in [0.25, 0.3) is 0 Å². The summed E-state index contributed by atoms with van der Waals surface area (Å²) in [6.07, 6.45) is 14.8. The van der Waals surface area contributed by atoms with Crippen molar-refractivity contribution >= 4 is 46.7 Å². The maximum atomic E-state index is 12.3. The Kier molecular flexibility index (Phi) is 19.8. The van der Waals surface area contributed by atoms with Crippen LogP contribution in [0.4, 0.5) is 0 Å². The van der Waals surface area contributed by atoms with Crippen LogP contribution >= 0.6 is 34.8 Å². The molecule has 2 atom stereocenters. The SMILES string of the molecule is COC[C@@H](COC(C)=O)N(C)C(=O)CC/C=C/CCCCC(Cl)CCCCCC(Cl)Cl. The lowest BCUT2D eigenvalue weighted by molar-refractivity contribution is -0.146. The average Bonchev–Trinajstić information content (AvgIpc) is 2.71. The van der Waals surface area contributed by atoms with Gasteiger partial charge in [0.15, 0.2) is 0 Å². The molecule has 0 N–H and O–H groups in total. The summed E-state index contributed by atoms with van der Waals surface area (Å²) in [4.78, 5) is 24.7. The van der Waals surface area contributed by atoms with Crippen LogP contribution in [-0.2, 0) is 19.1 Å². The molecule has 0 radical (unpaired) electrons. The molecule has 0 aromatic carbocycles. The van der Waals surface area contributed by atoms with Gasteiger partial charge in [0.1, 0.15) is 11.4 Å². The molecule has 0 heterocycles. The molecule has 8 heteroatoms. The van der Waals surface area contributed by atoms with Gasteiger partial charge in [-0.05, 0) is 38.5 Å². The Balaban J connectivity index is 3.84. The predicted molar refractivity (Wildman–Crippen MR) is 130 cm³/mol. The first-order valence-electron chi connectivity index (χ1n) is 11.2. The second-order valence-electron chi connectivity index (χ2n) is 7.84. The van der Waals surface area contributed by atoms with Crippen molar-refractivity contribution in [3.8, 4) is 0 Å². The van der Waals surface area contributed by atoms with E-state index in [2.05, 4.69) is 12.2 Å². The van der Waals surface area contributed by atoms with Gasteiger partial charge in [-0.3, -0.25) is 9.59 Å². The summed E-state index contributed by atoms with van der Waals surface area (Å²) in [7, 11) is 3.28. The fraction of sp³-hybridized carbons (Fsp3) is 0.826. The number of unbranched alkanes of at least 4 members (excludes halogenated alkanes) is 4. The molecule has 0 aromatic heterocycles. The smallest absolute Gasteiger partial charge is 0.302 e. The van der Waals surface area contributed by atoms with Crippen molar-refractivity contribution in [1.82, 2.24) is 4.90 Å². The molecule has 31 heavy (non-hydrogen) atoms.